The van der Waals surface area contributed by atoms with Crippen molar-refractivity contribution in [3.05, 3.63) is 33.8 Å². The highest BCUT2D eigenvalue weighted by Gasteiger charge is 2.11. The van der Waals surface area contributed by atoms with Crippen molar-refractivity contribution < 1.29 is 0 Å². The number of benzene rings is 1. The van der Waals surface area contributed by atoms with Crippen LogP contribution in [0, 0.1) is 12.8 Å². The molecule has 0 bridgehead atoms. The van der Waals surface area contributed by atoms with Crippen LogP contribution >= 0.6 is 15.9 Å². The number of piperidine rings is 1. The summed E-state index contributed by atoms with van der Waals surface area (Å²) in [5, 5.41) is 7.02. The van der Waals surface area contributed by atoms with E-state index in [2.05, 4.69) is 51.7 Å². The average molecular weight is 325 g/mol. The third-order valence-corrected chi connectivity index (χ3v) is 4.56. The third kappa shape index (κ3) is 5.25. The molecule has 0 spiro atoms. The Hall–Kier alpha value is -0.380. The maximum absolute atomic E-state index is 3.59. The summed E-state index contributed by atoms with van der Waals surface area (Å²) < 4.78 is 1.18. The molecule has 19 heavy (non-hydrogen) atoms. The number of aryl methyl sites for hydroxylation is 1. The van der Waals surface area contributed by atoms with Crippen molar-refractivity contribution >= 4 is 15.9 Å². The minimum Gasteiger partial charge on any atom is -0.317 e. The summed E-state index contributed by atoms with van der Waals surface area (Å²) >= 11 is 3.54. The van der Waals surface area contributed by atoms with E-state index < -0.39 is 0 Å². The Morgan fingerprint density at radius 1 is 1.26 bits per heavy atom. The minimum atomic E-state index is 0.932. The second kappa shape index (κ2) is 8.03. The smallest absolute Gasteiger partial charge is 0.0178 e. The molecule has 1 heterocycles. The highest BCUT2D eigenvalue weighted by molar-refractivity contribution is 9.10. The van der Waals surface area contributed by atoms with Gasteiger partial charge in [0.1, 0.15) is 0 Å². The second-order valence-corrected chi connectivity index (χ2v) is 6.47. The third-order valence-electron chi connectivity index (χ3n) is 4.07. The van der Waals surface area contributed by atoms with E-state index in [9.17, 15) is 0 Å². The van der Waals surface area contributed by atoms with Gasteiger partial charge in [0.05, 0.1) is 0 Å². The fourth-order valence-corrected chi connectivity index (χ4v) is 3.14. The zero-order chi connectivity index (χ0) is 13.5. The highest BCUT2D eigenvalue weighted by Crippen LogP contribution is 2.17. The van der Waals surface area contributed by atoms with Crippen LogP contribution in [-0.4, -0.2) is 26.2 Å². The van der Waals surface area contributed by atoms with Crippen molar-refractivity contribution in [3.63, 3.8) is 0 Å². The predicted molar refractivity (Wildman–Crippen MR) is 85.7 cm³/mol. The molecule has 1 aliphatic heterocycles. The van der Waals surface area contributed by atoms with Gasteiger partial charge < -0.3 is 10.6 Å². The number of halogens is 1. The lowest BCUT2D eigenvalue weighted by atomic mass is 9.95. The molecule has 2 N–H and O–H groups in total. The summed E-state index contributed by atoms with van der Waals surface area (Å²) in [6, 6.07) is 6.54. The molecule has 0 radical (unpaired) electrons. The van der Waals surface area contributed by atoms with Gasteiger partial charge in [-0.2, -0.15) is 0 Å². The van der Waals surface area contributed by atoms with E-state index in [0.717, 1.165) is 25.4 Å². The average Bonchev–Trinajstić information content (AvgIpc) is 2.43. The molecule has 0 aliphatic carbocycles. The quantitative estimate of drug-likeness (QED) is 0.785. The SMILES string of the molecule is Cc1ccc(Br)cc1CCNCCC1CCNCC1. The molecule has 1 aromatic rings. The van der Waals surface area contributed by atoms with Gasteiger partial charge in [-0.1, -0.05) is 22.0 Å². The van der Waals surface area contributed by atoms with E-state index in [4.69, 9.17) is 0 Å². The number of hydrogen-bond acceptors (Lipinski definition) is 2. The van der Waals surface area contributed by atoms with E-state index in [0.29, 0.717) is 0 Å². The largest absolute Gasteiger partial charge is 0.317 e. The monoisotopic (exact) mass is 324 g/mol. The van der Waals surface area contributed by atoms with E-state index in [1.165, 1.54) is 48.0 Å². The van der Waals surface area contributed by atoms with Crippen LogP contribution in [0.3, 0.4) is 0 Å². The lowest BCUT2D eigenvalue weighted by Crippen LogP contribution is -2.30. The first kappa shape index (κ1) is 15.0. The normalized spacial score (nSPS) is 16.7. The molecule has 1 aromatic carbocycles. The van der Waals surface area contributed by atoms with Crippen molar-refractivity contribution in [1.82, 2.24) is 10.6 Å². The standard InChI is InChI=1S/C16H25BrN2/c1-13-2-3-16(17)12-15(13)7-11-19-10-6-14-4-8-18-9-5-14/h2-3,12,14,18-19H,4-11H2,1H3. The van der Waals surface area contributed by atoms with Gasteiger partial charge in [-0.25, -0.2) is 0 Å². The molecule has 1 saturated heterocycles. The topological polar surface area (TPSA) is 24.1 Å². The predicted octanol–water partition coefficient (Wildman–Crippen LogP) is 3.28. The Bertz CT molecular complexity index is 386. The van der Waals surface area contributed by atoms with Crippen molar-refractivity contribution in [2.45, 2.75) is 32.6 Å². The molecule has 2 nitrogen and oxygen atoms in total. The van der Waals surface area contributed by atoms with Gasteiger partial charge in [0.15, 0.2) is 0 Å². The van der Waals surface area contributed by atoms with E-state index in [1.807, 2.05) is 0 Å². The molecule has 0 atom stereocenters. The summed E-state index contributed by atoms with van der Waals surface area (Å²) in [7, 11) is 0. The Morgan fingerprint density at radius 3 is 2.84 bits per heavy atom. The van der Waals surface area contributed by atoms with Crippen molar-refractivity contribution in [3.8, 4) is 0 Å². The molecular formula is C16H25BrN2. The first-order valence-electron chi connectivity index (χ1n) is 7.42. The van der Waals surface area contributed by atoms with Crippen LogP contribution < -0.4 is 10.6 Å². The summed E-state index contributed by atoms with van der Waals surface area (Å²) in [4.78, 5) is 0. The highest BCUT2D eigenvalue weighted by atomic mass is 79.9. The van der Waals surface area contributed by atoms with E-state index >= 15 is 0 Å². The maximum Gasteiger partial charge on any atom is 0.0178 e. The maximum atomic E-state index is 3.59. The molecule has 0 aromatic heterocycles. The van der Waals surface area contributed by atoms with E-state index in [1.54, 1.807) is 0 Å². The molecule has 3 heteroatoms. The number of nitrogens with one attached hydrogen (secondary N) is 2. The number of hydrogen-bond donors (Lipinski definition) is 2. The van der Waals surface area contributed by atoms with Gasteiger partial charge >= 0.3 is 0 Å². The van der Waals surface area contributed by atoms with Gasteiger partial charge in [0.2, 0.25) is 0 Å². The van der Waals surface area contributed by atoms with Crippen LogP contribution in [0.4, 0.5) is 0 Å². The van der Waals surface area contributed by atoms with Gasteiger partial charge in [-0.15, -0.1) is 0 Å². The fraction of sp³-hybridized carbons (Fsp3) is 0.625. The molecule has 0 saturated carbocycles. The molecule has 1 fully saturated rings. The molecule has 2 rings (SSSR count). The van der Waals surface area contributed by atoms with Crippen LogP contribution in [-0.2, 0) is 6.42 Å². The van der Waals surface area contributed by atoms with Crippen LogP contribution in [0.2, 0.25) is 0 Å². The summed E-state index contributed by atoms with van der Waals surface area (Å²) in [5.41, 5.74) is 2.84. The Morgan fingerprint density at radius 2 is 2.05 bits per heavy atom. The molecule has 1 aliphatic rings. The molecule has 0 unspecified atom stereocenters. The lowest BCUT2D eigenvalue weighted by molar-refractivity contribution is 0.349. The van der Waals surface area contributed by atoms with E-state index in [-0.39, 0.29) is 0 Å². The molecule has 0 amide bonds. The summed E-state index contributed by atoms with van der Waals surface area (Å²) in [6.45, 7) is 6.86. The fourth-order valence-electron chi connectivity index (χ4n) is 2.73. The van der Waals surface area contributed by atoms with Gasteiger partial charge in [-0.3, -0.25) is 0 Å². The zero-order valence-corrected chi connectivity index (χ0v) is 13.4. The zero-order valence-electron chi connectivity index (χ0n) is 11.8. The van der Waals surface area contributed by atoms with Crippen LogP contribution in [0.1, 0.15) is 30.4 Å². The summed E-state index contributed by atoms with van der Waals surface area (Å²) in [6.07, 6.45) is 5.16. The van der Waals surface area contributed by atoms with Crippen LogP contribution in [0.25, 0.3) is 0 Å². The molecular weight excluding hydrogens is 300 g/mol. The molecule has 106 valence electrons. The van der Waals surface area contributed by atoms with Crippen LogP contribution in [0.15, 0.2) is 22.7 Å². The Kier molecular flexibility index (Phi) is 6.35. The second-order valence-electron chi connectivity index (χ2n) is 5.55. The van der Waals surface area contributed by atoms with Crippen molar-refractivity contribution in [2.75, 3.05) is 26.2 Å². The van der Waals surface area contributed by atoms with Crippen LogP contribution in [0.5, 0.6) is 0 Å². The van der Waals surface area contributed by atoms with Gasteiger partial charge in [0, 0.05) is 4.47 Å². The first-order chi connectivity index (χ1) is 9.25. The summed E-state index contributed by atoms with van der Waals surface area (Å²) in [5.74, 6) is 0.932. The Balaban J connectivity index is 1.62. The lowest BCUT2D eigenvalue weighted by Gasteiger charge is -2.22. The van der Waals surface area contributed by atoms with Crippen molar-refractivity contribution in [1.29, 1.82) is 0 Å². The minimum absolute atomic E-state index is 0.932. The first-order valence-corrected chi connectivity index (χ1v) is 8.21. The number of rotatable bonds is 6. The Labute approximate surface area is 125 Å². The van der Waals surface area contributed by atoms with Gasteiger partial charge in [-0.05, 0) is 88.0 Å². The van der Waals surface area contributed by atoms with Crippen molar-refractivity contribution in [2.24, 2.45) is 5.92 Å². The van der Waals surface area contributed by atoms with Gasteiger partial charge in [0.25, 0.3) is 0 Å².